The topological polar surface area (TPSA) is 3.24 Å². The Balaban J connectivity index is 3.26. The fraction of sp³-hybridized carbons (Fsp3) is 1.00. The molecule has 0 aliphatic rings. The molecule has 0 N–H and O–H groups in total. The molecule has 0 heterocycles. The summed E-state index contributed by atoms with van der Waals surface area (Å²) in [4.78, 5) is 2.28. The average Bonchev–Trinajstić information content (AvgIpc) is 1.90. The van der Waals surface area contributed by atoms with Gasteiger partial charge < -0.3 is 4.90 Å². The molecule has 0 amide bonds. The van der Waals surface area contributed by atoms with E-state index >= 15 is 0 Å². The second-order valence-corrected chi connectivity index (χ2v) is 5.88. The van der Waals surface area contributed by atoms with Gasteiger partial charge in [0.05, 0.1) is 0 Å². The Kier molecular flexibility index (Phi) is 6.36. The lowest BCUT2D eigenvalue weighted by molar-refractivity contribution is 0.436. The van der Waals surface area contributed by atoms with Crippen LogP contribution in [0, 0.1) is 0 Å². The van der Waals surface area contributed by atoms with Gasteiger partial charge in [0, 0.05) is 6.54 Å². The zero-order valence-electron chi connectivity index (χ0n) is 7.72. The van der Waals surface area contributed by atoms with Gasteiger partial charge in [-0.25, -0.2) is 0 Å². The molecule has 0 atom stereocenters. The Labute approximate surface area is 66.6 Å². The Morgan fingerprint density at radius 2 is 1.60 bits per heavy atom. The number of hydrogen-bond acceptors (Lipinski definition) is 1. The quantitative estimate of drug-likeness (QED) is 0.558. The zero-order chi connectivity index (χ0) is 7.98. The van der Waals surface area contributed by atoms with Gasteiger partial charge in [0.15, 0.2) is 0 Å². The Bertz CT molecular complexity index is 69.7. The molecule has 0 rings (SSSR count). The minimum atomic E-state index is 0.370. The standard InChI is InChI=1S/C8H20NP/c1-5-10(6-2)8-7-9(3)4/h5-8H2,1-4H3. The number of rotatable bonds is 5. The maximum absolute atomic E-state index is 2.31. The summed E-state index contributed by atoms with van der Waals surface area (Å²) in [6.45, 7) is 5.89. The van der Waals surface area contributed by atoms with Gasteiger partial charge in [0.2, 0.25) is 0 Å². The fourth-order valence-corrected chi connectivity index (χ4v) is 2.64. The predicted octanol–water partition coefficient (Wildman–Crippen LogP) is 2.07. The van der Waals surface area contributed by atoms with Crippen LogP contribution in [0.5, 0.6) is 0 Å². The van der Waals surface area contributed by atoms with E-state index in [2.05, 4.69) is 32.8 Å². The van der Waals surface area contributed by atoms with Crippen LogP contribution in [0.3, 0.4) is 0 Å². The SMILES string of the molecule is CCP(CC)CCN(C)C. The highest BCUT2D eigenvalue weighted by Crippen LogP contribution is 2.33. The first-order chi connectivity index (χ1) is 4.70. The summed E-state index contributed by atoms with van der Waals surface area (Å²) in [6, 6.07) is 0. The van der Waals surface area contributed by atoms with Crippen LogP contribution in [0.4, 0.5) is 0 Å². The van der Waals surface area contributed by atoms with Crippen LogP contribution in [0.15, 0.2) is 0 Å². The van der Waals surface area contributed by atoms with Crippen molar-refractivity contribution in [1.82, 2.24) is 4.90 Å². The van der Waals surface area contributed by atoms with Crippen molar-refractivity contribution in [3.63, 3.8) is 0 Å². The number of hydrogen-bond donors (Lipinski definition) is 0. The first-order valence-electron chi connectivity index (χ1n) is 4.07. The normalized spacial score (nSPS) is 11.4. The van der Waals surface area contributed by atoms with E-state index < -0.39 is 0 Å². The first-order valence-corrected chi connectivity index (χ1v) is 5.97. The van der Waals surface area contributed by atoms with Crippen LogP contribution in [0.2, 0.25) is 0 Å². The summed E-state index contributed by atoms with van der Waals surface area (Å²) in [5.41, 5.74) is 0. The second-order valence-electron chi connectivity index (χ2n) is 2.83. The van der Waals surface area contributed by atoms with Gasteiger partial charge in [-0.15, -0.1) is 7.92 Å². The van der Waals surface area contributed by atoms with Crippen LogP contribution in [-0.2, 0) is 0 Å². The molecule has 0 unspecified atom stereocenters. The van der Waals surface area contributed by atoms with Gasteiger partial charge >= 0.3 is 0 Å². The molecule has 0 saturated carbocycles. The van der Waals surface area contributed by atoms with E-state index in [1.807, 2.05) is 0 Å². The van der Waals surface area contributed by atoms with Crippen molar-refractivity contribution in [1.29, 1.82) is 0 Å². The predicted molar refractivity (Wildman–Crippen MR) is 51.4 cm³/mol. The second kappa shape index (κ2) is 6.12. The van der Waals surface area contributed by atoms with E-state index in [0.29, 0.717) is 7.92 Å². The van der Waals surface area contributed by atoms with Crippen molar-refractivity contribution in [3.8, 4) is 0 Å². The molecule has 0 aromatic rings. The highest BCUT2D eigenvalue weighted by molar-refractivity contribution is 7.57. The lowest BCUT2D eigenvalue weighted by Crippen LogP contribution is -2.16. The fourth-order valence-electron chi connectivity index (χ4n) is 0.881. The molecular weight excluding hydrogens is 141 g/mol. The molecule has 2 heteroatoms. The van der Waals surface area contributed by atoms with Gasteiger partial charge in [-0.1, -0.05) is 13.8 Å². The molecule has 10 heavy (non-hydrogen) atoms. The summed E-state index contributed by atoms with van der Waals surface area (Å²) < 4.78 is 0. The zero-order valence-corrected chi connectivity index (χ0v) is 8.62. The molecule has 62 valence electrons. The first kappa shape index (κ1) is 10.4. The third kappa shape index (κ3) is 5.20. The van der Waals surface area contributed by atoms with E-state index in [0.717, 1.165) is 0 Å². The van der Waals surface area contributed by atoms with Crippen molar-refractivity contribution >= 4 is 7.92 Å². The highest BCUT2D eigenvalue weighted by Gasteiger charge is 2.01. The van der Waals surface area contributed by atoms with Gasteiger partial charge in [0.1, 0.15) is 0 Å². The third-order valence-corrected chi connectivity index (χ3v) is 4.38. The Hall–Kier alpha value is 0.390. The van der Waals surface area contributed by atoms with Crippen LogP contribution in [0.25, 0.3) is 0 Å². The summed E-state index contributed by atoms with van der Waals surface area (Å²) in [5, 5.41) is 0. The minimum Gasteiger partial charge on any atom is -0.309 e. The Morgan fingerprint density at radius 1 is 1.10 bits per heavy atom. The number of nitrogens with zero attached hydrogens (tertiary/aromatic N) is 1. The molecule has 0 aliphatic heterocycles. The van der Waals surface area contributed by atoms with Crippen molar-refractivity contribution < 1.29 is 0 Å². The van der Waals surface area contributed by atoms with E-state index in [-0.39, 0.29) is 0 Å². The smallest absolute Gasteiger partial charge is 0.00146 e. The van der Waals surface area contributed by atoms with Crippen LogP contribution < -0.4 is 0 Å². The van der Waals surface area contributed by atoms with Crippen molar-refractivity contribution in [2.24, 2.45) is 0 Å². The molecule has 1 nitrogen and oxygen atoms in total. The lowest BCUT2D eigenvalue weighted by Gasteiger charge is -2.16. The van der Waals surface area contributed by atoms with E-state index in [1.165, 1.54) is 25.0 Å². The summed E-state index contributed by atoms with van der Waals surface area (Å²) >= 11 is 0. The monoisotopic (exact) mass is 161 g/mol. The molecule has 0 saturated heterocycles. The summed E-state index contributed by atoms with van der Waals surface area (Å²) in [5.74, 6) is 0. The maximum atomic E-state index is 2.31. The van der Waals surface area contributed by atoms with E-state index in [1.54, 1.807) is 0 Å². The van der Waals surface area contributed by atoms with Gasteiger partial charge in [0.25, 0.3) is 0 Å². The van der Waals surface area contributed by atoms with Crippen LogP contribution in [-0.4, -0.2) is 44.0 Å². The lowest BCUT2D eigenvalue weighted by atomic mass is 10.7. The van der Waals surface area contributed by atoms with E-state index in [9.17, 15) is 0 Å². The van der Waals surface area contributed by atoms with Crippen LogP contribution in [0.1, 0.15) is 13.8 Å². The molecule has 0 aromatic carbocycles. The average molecular weight is 161 g/mol. The van der Waals surface area contributed by atoms with Crippen molar-refractivity contribution in [2.75, 3.05) is 39.1 Å². The maximum Gasteiger partial charge on any atom is 0.00146 e. The molecule has 0 aliphatic carbocycles. The molecule has 0 bridgehead atoms. The minimum absolute atomic E-state index is 0.370. The molecule has 0 fully saturated rings. The van der Waals surface area contributed by atoms with Crippen LogP contribution >= 0.6 is 7.92 Å². The molecule has 0 aromatic heterocycles. The Morgan fingerprint density at radius 3 is 1.90 bits per heavy atom. The van der Waals surface area contributed by atoms with Gasteiger partial charge in [-0.2, -0.15) is 0 Å². The van der Waals surface area contributed by atoms with Gasteiger partial charge in [-0.3, -0.25) is 0 Å². The molecule has 0 spiro atoms. The highest BCUT2D eigenvalue weighted by atomic mass is 31.1. The summed E-state index contributed by atoms with van der Waals surface area (Å²) in [6.07, 6.45) is 4.23. The molecular formula is C8H20NP. The largest absolute Gasteiger partial charge is 0.309 e. The molecule has 0 radical (unpaired) electrons. The van der Waals surface area contributed by atoms with E-state index in [4.69, 9.17) is 0 Å². The third-order valence-electron chi connectivity index (χ3n) is 1.76. The van der Waals surface area contributed by atoms with Gasteiger partial charge in [-0.05, 0) is 32.6 Å². The summed E-state index contributed by atoms with van der Waals surface area (Å²) in [7, 11) is 4.67. The van der Waals surface area contributed by atoms with Crippen molar-refractivity contribution in [3.05, 3.63) is 0 Å². The van der Waals surface area contributed by atoms with Crippen molar-refractivity contribution in [2.45, 2.75) is 13.8 Å².